The van der Waals surface area contributed by atoms with E-state index in [1.54, 1.807) is 38.1 Å². The summed E-state index contributed by atoms with van der Waals surface area (Å²) in [6, 6.07) is 6.93. The first kappa shape index (κ1) is 11.0. The number of carbonyl (C=O) groups excluding carboxylic acids is 2. The Morgan fingerprint density at radius 2 is 1.88 bits per heavy atom. The molecule has 0 aromatic heterocycles. The van der Waals surface area contributed by atoms with E-state index in [1.807, 2.05) is 0 Å². The highest BCUT2D eigenvalue weighted by molar-refractivity contribution is 6.12. The van der Waals surface area contributed by atoms with Gasteiger partial charge in [0.1, 0.15) is 0 Å². The molecule has 1 atom stereocenters. The second-order valence-corrected chi connectivity index (χ2v) is 4.17. The van der Waals surface area contributed by atoms with E-state index in [1.165, 1.54) is 0 Å². The lowest BCUT2D eigenvalue weighted by Crippen LogP contribution is -2.22. The van der Waals surface area contributed by atoms with Gasteiger partial charge in [-0.15, -0.1) is 0 Å². The van der Waals surface area contributed by atoms with Crippen molar-refractivity contribution in [2.24, 2.45) is 0 Å². The monoisotopic (exact) mass is 218 g/mol. The summed E-state index contributed by atoms with van der Waals surface area (Å²) >= 11 is 0. The average Bonchev–Trinajstić information content (AvgIpc) is 3.06. The van der Waals surface area contributed by atoms with Crippen LogP contribution in [0.5, 0.6) is 0 Å². The van der Waals surface area contributed by atoms with Crippen LogP contribution in [0.1, 0.15) is 41.0 Å². The Hall–Kier alpha value is -1.48. The van der Waals surface area contributed by atoms with Crippen LogP contribution in [0.25, 0.3) is 0 Å². The number of hydrogen-bond donors (Lipinski definition) is 0. The molecule has 1 fully saturated rings. The second kappa shape index (κ2) is 3.83. The Labute approximate surface area is 94.4 Å². The maximum absolute atomic E-state index is 12.1. The molecule has 1 saturated heterocycles. The van der Waals surface area contributed by atoms with Crippen LogP contribution in [0.4, 0.5) is 0 Å². The summed E-state index contributed by atoms with van der Waals surface area (Å²) in [5, 5.41) is 0. The number of Topliss-reactive ketones (excluding diaryl/α,β-unsaturated/α-hetero) is 2. The first-order valence-electron chi connectivity index (χ1n) is 5.39. The number of ketones is 2. The summed E-state index contributed by atoms with van der Waals surface area (Å²) in [7, 11) is 0. The molecule has 0 N–H and O–H groups in total. The van der Waals surface area contributed by atoms with Gasteiger partial charge in [-0.3, -0.25) is 9.59 Å². The lowest BCUT2D eigenvalue weighted by molar-refractivity contribution is 0.0878. The van der Waals surface area contributed by atoms with Crippen molar-refractivity contribution in [3.8, 4) is 0 Å². The minimum absolute atomic E-state index is 0.00630. The molecule has 1 aliphatic rings. The smallest absolute Gasteiger partial charge is 0.197 e. The van der Waals surface area contributed by atoms with Crippen LogP contribution in [0, 0.1) is 0 Å². The third-order valence-electron chi connectivity index (χ3n) is 2.85. The molecule has 1 aliphatic heterocycles. The van der Waals surface area contributed by atoms with Crippen molar-refractivity contribution in [3.05, 3.63) is 35.4 Å². The number of carbonyl (C=O) groups is 2. The predicted molar refractivity (Wildman–Crippen MR) is 59.8 cm³/mol. The predicted octanol–water partition coefficient (Wildman–Crippen LogP) is 2.25. The minimum atomic E-state index is -0.704. The van der Waals surface area contributed by atoms with Crippen molar-refractivity contribution < 1.29 is 14.3 Å². The van der Waals surface area contributed by atoms with E-state index in [0.29, 0.717) is 24.2 Å². The maximum atomic E-state index is 12.1. The largest absolute Gasteiger partial charge is 0.361 e. The van der Waals surface area contributed by atoms with Gasteiger partial charge in [0.25, 0.3) is 0 Å². The van der Waals surface area contributed by atoms with Gasteiger partial charge < -0.3 is 4.74 Å². The normalized spacial score (nSPS) is 22.9. The summed E-state index contributed by atoms with van der Waals surface area (Å²) < 4.78 is 5.12. The van der Waals surface area contributed by atoms with Crippen LogP contribution < -0.4 is 0 Å². The molecule has 0 aliphatic carbocycles. The molecule has 0 spiro atoms. The van der Waals surface area contributed by atoms with Crippen LogP contribution in [0.15, 0.2) is 24.3 Å². The van der Waals surface area contributed by atoms with Crippen molar-refractivity contribution in [1.29, 1.82) is 0 Å². The molecule has 1 heterocycles. The molecule has 1 unspecified atom stereocenters. The third kappa shape index (κ3) is 1.78. The van der Waals surface area contributed by atoms with E-state index < -0.39 is 5.60 Å². The fourth-order valence-electron chi connectivity index (χ4n) is 1.64. The van der Waals surface area contributed by atoms with Gasteiger partial charge in [-0.2, -0.15) is 0 Å². The summed E-state index contributed by atoms with van der Waals surface area (Å²) in [5.74, 6) is -0.0990. The molecule has 0 bridgehead atoms. The second-order valence-electron chi connectivity index (χ2n) is 4.17. The Morgan fingerprint density at radius 1 is 1.31 bits per heavy atom. The van der Waals surface area contributed by atoms with Crippen LogP contribution in [0.3, 0.4) is 0 Å². The average molecular weight is 218 g/mol. The van der Waals surface area contributed by atoms with Crippen molar-refractivity contribution in [2.45, 2.75) is 25.9 Å². The van der Waals surface area contributed by atoms with Gasteiger partial charge >= 0.3 is 0 Å². The van der Waals surface area contributed by atoms with Crippen LogP contribution >= 0.6 is 0 Å². The highest BCUT2D eigenvalue weighted by Gasteiger charge is 2.48. The fraction of sp³-hybridized carbons (Fsp3) is 0.385. The SMILES string of the molecule is CCC(=O)c1ccccc1C(=O)C1(C)CO1. The Bertz CT molecular complexity index is 444. The highest BCUT2D eigenvalue weighted by Crippen LogP contribution is 2.31. The van der Waals surface area contributed by atoms with Crippen LogP contribution in [0.2, 0.25) is 0 Å². The number of epoxide rings is 1. The first-order valence-corrected chi connectivity index (χ1v) is 5.39. The van der Waals surface area contributed by atoms with Gasteiger partial charge in [0.15, 0.2) is 17.2 Å². The zero-order valence-corrected chi connectivity index (χ0v) is 9.45. The summed E-state index contributed by atoms with van der Waals surface area (Å²) in [6.45, 7) is 3.99. The standard InChI is InChI=1S/C13H14O3/c1-3-11(14)9-6-4-5-7-10(9)12(15)13(2)8-16-13/h4-7H,3,8H2,1-2H3. The fourth-order valence-corrected chi connectivity index (χ4v) is 1.64. The lowest BCUT2D eigenvalue weighted by Gasteiger charge is -2.08. The summed E-state index contributed by atoms with van der Waals surface area (Å²) in [6.07, 6.45) is 0.405. The zero-order valence-electron chi connectivity index (χ0n) is 9.45. The molecule has 3 nitrogen and oxygen atoms in total. The molecular weight excluding hydrogens is 204 g/mol. The summed E-state index contributed by atoms with van der Waals surface area (Å²) in [5.41, 5.74) is 0.283. The van der Waals surface area contributed by atoms with Crippen LogP contribution in [-0.4, -0.2) is 23.8 Å². The van der Waals surface area contributed by atoms with E-state index in [2.05, 4.69) is 0 Å². The molecular formula is C13H14O3. The van der Waals surface area contributed by atoms with Crippen molar-refractivity contribution in [3.63, 3.8) is 0 Å². The Kier molecular flexibility index (Phi) is 2.64. The number of ether oxygens (including phenoxy) is 1. The van der Waals surface area contributed by atoms with E-state index in [-0.39, 0.29) is 11.6 Å². The van der Waals surface area contributed by atoms with Gasteiger partial charge in [-0.1, -0.05) is 31.2 Å². The molecule has 0 saturated carbocycles. The minimum Gasteiger partial charge on any atom is -0.361 e. The number of rotatable bonds is 4. The Morgan fingerprint density at radius 3 is 2.38 bits per heavy atom. The van der Waals surface area contributed by atoms with Crippen LogP contribution in [-0.2, 0) is 4.74 Å². The third-order valence-corrected chi connectivity index (χ3v) is 2.85. The first-order chi connectivity index (χ1) is 7.58. The van der Waals surface area contributed by atoms with Crippen molar-refractivity contribution in [1.82, 2.24) is 0 Å². The van der Waals surface area contributed by atoms with Gasteiger partial charge in [0, 0.05) is 17.5 Å². The zero-order chi connectivity index (χ0) is 11.8. The van der Waals surface area contributed by atoms with E-state index in [0.717, 1.165) is 0 Å². The Balaban J connectivity index is 2.40. The lowest BCUT2D eigenvalue weighted by atomic mass is 9.93. The number of benzene rings is 1. The maximum Gasteiger partial charge on any atom is 0.197 e. The van der Waals surface area contributed by atoms with Gasteiger partial charge in [-0.05, 0) is 6.92 Å². The number of hydrogen-bond acceptors (Lipinski definition) is 3. The van der Waals surface area contributed by atoms with Crippen molar-refractivity contribution in [2.75, 3.05) is 6.61 Å². The highest BCUT2D eigenvalue weighted by atomic mass is 16.6. The van der Waals surface area contributed by atoms with E-state index in [4.69, 9.17) is 4.74 Å². The molecule has 1 aromatic rings. The van der Waals surface area contributed by atoms with E-state index in [9.17, 15) is 9.59 Å². The quantitative estimate of drug-likeness (QED) is 0.575. The topological polar surface area (TPSA) is 46.7 Å². The van der Waals surface area contributed by atoms with E-state index >= 15 is 0 Å². The molecule has 0 amide bonds. The van der Waals surface area contributed by atoms with Gasteiger partial charge in [-0.25, -0.2) is 0 Å². The molecule has 0 radical (unpaired) electrons. The molecule has 1 aromatic carbocycles. The van der Waals surface area contributed by atoms with Gasteiger partial charge in [0.2, 0.25) is 0 Å². The molecule has 84 valence electrons. The molecule has 2 rings (SSSR count). The molecule has 3 heteroatoms. The van der Waals surface area contributed by atoms with Gasteiger partial charge in [0.05, 0.1) is 6.61 Å². The summed E-state index contributed by atoms with van der Waals surface area (Å²) in [4.78, 5) is 23.8. The van der Waals surface area contributed by atoms with Crippen molar-refractivity contribution >= 4 is 11.6 Å². The molecule has 16 heavy (non-hydrogen) atoms.